The summed E-state index contributed by atoms with van der Waals surface area (Å²) in [7, 11) is 0. The van der Waals surface area contributed by atoms with Crippen LogP contribution in [0.3, 0.4) is 0 Å². The van der Waals surface area contributed by atoms with Gasteiger partial charge in [-0.05, 0) is 24.3 Å². The number of nitro groups is 1. The van der Waals surface area contributed by atoms with Gasteiger partial charge >= 0.3 is 5.69 Å². The Morgan fingerprint density at radius 1 is 1.15 bits per heavy atom. The van der Waals surface area contributed by atoms with E-state index >= 15 is 0 Å². The minimum Gasteiger partial charge on any atom is -0.378 e. The van der Waals surface area contributed by atoms with Crippen LogP contribution >= 0.6 is 0 Å². The van der Waals surface area contributed by atoms with Crippen molar-refractivity contribution in [2.45, 2.75) is 0 Å². The van der Waals surface area contributed by atoms with E-state index in [1.54, 1.807) is 23.1 Å². The fourth-order valence-corrected chi connectivity index (χ4v) is 2.82. The maximum atomic E-state index is 11.3. The summed E-state index contributed by atoms with van der Waals surface area (Å²) in [6.45, 7) is 0.788. The van der Waals surface area contributed by atoms with Crippen LogP contribution in [-0.2, 0) is 0 Å². The van der Waals surface area contributed by atoms with Gasteiger partial charge in [-0.1, -0.05) is 12.2 Å². The van der Waals surface area contributed by atoms with Gasteiger partial charge in [-0.15, -0.1) is 0 Å². The van der Waals surface area contributed by atoms with Gasteiger partial charge in [-0.25, -0.2) is 14.6 Å². The molecule has 0 fully saturated rings. The molecule has 4 heterocycles. The van der Waals surface area contributed by atoms with Gasteiger partial charge in [0.05, 0.1) is 28.6 Å². The third-order valence-corrected chi connectivity index (χ3v) is 4.14. The molecule has 9 heteroatoms. The lowest BCUT2D eigenvalue weighted by molar-refractivity contribution is -0.383. The molecule has 4 rings (SSSR count). The van der Waals surface area contributed by atoms with Gasteiger partial charge in [-0.3, -0.25) is 10.1 Å². The number of nitrogens with two attached hydrogens (primary N) is 1. The van der Waals surface area contributed by atoms with E-state index in [2.05, 4.69) is 26.0 Å². The summed E-state index contributed by atoms with van der Waals surface area (Å²) in [4.78, 5) is 21.1. The second kappa shape index (κ2) is 6.71. The molecule has 0 amide bonds. The van der Waals surface area contributed by atoms with E-state index in [4.69, 9.17) is 5.73 Å². The Morgan fingerprint density at radius 2 is 2.04 bits per heavy atom. The number of pyridine rings is 2. The van der Waals surface area contributed by atoms with Gasteiger partial charge in [-0.2, -0.15) is 5.10 Å². The lowest BCUT2D eigenvalue weighted by Crippen LogP contribution is -2.17. The first-order chi connectivity index (χ1) is 13.1. The van der Waals surface area contributed by atoms with Crippen molar-refractivity contribution >= 4 is 17.2 Å². The van der Waals surface area contributed by atoms with Crippen molar-refractivity contribution in [3.05, 3.63) is 77.5 Å². The maximum absolute atomic E-state index is 11.3. The highest BCUT2D eigenvalue weighted by molar-refractivity contribution is 5.78. The number of rotatable bonds is 4. The zero-order chi connectivity index (χ0) is 18.8. The highest BCUT2D eigenvalue weighted by Crippen LogP contribution is 2.33. The summed E-state index contributed by atoms with van der Waals surface area (Å²) in [6.07, 6.45) is 14.4. The molecule has 0 radical (unpaired) electrons. The second-order valence-electron chi connectivity index (χ2n) is 5.82. The molecule has 0 aromatic carbocycles. The van der Waals surface area contributed by atoms with Crippen molar-refractivity contribution in [2.75, 3.05) is 17.2 Å². The van der Waals surface area contributed by atoms with E-state index in [1.165, 1.54) is 12.4 Å². The minimum absolute atomic E-state index is 0.128. The average molecular weight is 361 g/mol. The summed E-state index contributed by atoms with van der Waals surface area (Å²) in [6, 6.07) is 5.33. The lowest BCUT2D eigenvalue weighted by atomic mass is 10.1. The predicted octanol–water partition coefficient (Wildman–Crippen LogP) is 2.71. The largest absolute Gasteiger partial charge is 0.378 e. The van der Waals surface area contributed by atoms with Crippen molar-refractivity contribution in [3.63, 3.8) is 0 Å². The molecule has 0 aliphatic carbocycles. The Hall–Kier alpha value is -4.01. The predicted molar refractivity (Wildman–Crippen MR) is 101 cm³/mol. The van der Waals surface area contributed by atoms with Crippen LogP contribution in [0.25, 0.3) is 16.9 Å². The van der Waals surface area contributed by atoms with E-state index in [-0.39, 0.29) is 11.5 Å². The van der Waals surface area contributed by atoms with Gasteiger partial charge < -0.3 is 10.6 Å². The Bertz CT molecular complexity index is 1050. The second-order valence-corrected chi connectivity index (χ2v) is 5.82. The quantitative estimate of drug-likeness (QED) is 0.561. The Labute approximate surface area is 154 Å². The van der Waals surface area contributed by atoms with Crippen LogP contribution in [0.2, 0.25) is 0 Å². The molecule has 1 aliphatic rings. The Balaban J connectivity index is 1.64. The van der Waals surface area contributed by atoms with Crippen LogP contribution in [-0.4, -0.2) is 31.2 Å². The molecule has 27 heavy (non-hydrogen) atoms. The first kappa shape index (κ1) is 16.5. The number of hydrogen-bond donors (Lipinski definition) is 1. The lowest BCUT2D eigenvalue weighted by Gasteiger charge is -2.20. The summed E-state index contributed by atoms with van der Waals surface area (Å²) in [5, 5.41) is 15.6. The first-order valence-electron chi connectivity index (χ1n) is 8.14. The zero-order valence-corrected chi connectivity index (χ0v) is 14.1. The molecule has 134 valence electrons. The monoisotopic (exact) mass is 361 g/mol. The van der Waals surface area contributed by atoms with Crippen LogP contribution in [0.15, 0.2) is 67.4 Å². The van der Waals surface area contributed by atoms with Gasteiger partial charge in [0.2, 0.25) is 5.82 Å². The molecule has 0 spiro atoms. The molecule has 1 aliphatic heterocycles. The van der Waals surface area contributed by atoms with Crippen LogP contribution in [0.5, 0.6) is 0 Å². The molecule has 3 aromatic heterocycles. The minimum atomic E-state index is -0.539. The van der Waals surface area contributed by atoms with Crippen molar-refractivity contribution in [1.29, 1.82) is 0 Å². The van der Waals surface area contributed by atoms with Crippen molar-refractivity contribution in [2.24, 2.45) is 0 Å². The van der Waals surface area contributed by atoms with Crippen LogP contribution in [0.1, 0.15) is 0 Å². The third-order valence-electron chi connectivity index (χ3n) is 4.14. The van der Waals surface area contributed by atoms with Crippen molar-refractivity contribution < 1.29 is 4.92 Å². The number of aromatic nitrogens is 4. The van der Waals surface area contributed by atoms with Crippen molar-refractivity contribution in [3.8, 4) is 16.9 Å². The number of nitrogens with zero attached hydrogens (tertiary/aromatic N) is 6. The first-order valence-corrected chi connectivity index (χ1v) is 8.14. The van der Waals surface area contributed by atoms with E-state index in [9.17, 15) is 10.1 Å². The zero-order valence-electron chi connectivity index (χ0n) is 14.1. The smallest absolute Gasteiger partial charge is 0.319 e. The normalized spacial score (nSPS) is 13.1. The average Bonchev–Trinajstić information content (AvgIpc) is 3.18. The molecule has 0 bridgehead atoms. The SMILES string of the molecule is Nc1nccc(-c2cnn(-c3ccc(N4C=CC=CC4)cn3)c2)c1[N+](=O)[O-]. The standard InChI is InChI=1S/C18H15N7O2/c19-18-17(25(26)27)15(6-7-20-18)13-10-22-24(12-13)16-5-4-14(11-21-16)23-8-2-1-3-9-23/h1-8,10-12H,9H2,(H2,19,20). The van der Waals surface area contributed by atoms with E-state index < -0.39 is 4.92 Å². The molecular formula is C18H15N7O2. The van der Waals surface area contributed by atoms with Crippen LogP contribution < -0.4 is 10.6 Å². The summed E-state index contributed by atoms with van der Waals surface area (Å²) in [5.41, 5.74) is 7.31. The molecular weight excluding hydrogens is 346 g/mol. The molecule has 9 nitrogen and oxygen atoms in total. The van der Waals surface area contributed by atoms with Crippen LogP contribution in [0, 0.1) is 10.1 Å². The highest BCUT2D eigenvalue weighted by Gasteiger charge is 2.21. The number of anilines is 2. The molecule has 0 unspecified atom stereocenters. The number of hydrogen-bond acceptors (Lipinski definition) is 7. The highest BCUT2D eigenvalue weighted by atomic mass is 16.6. The van der Waals surface area contributed by atoms with E-state index in [0.717, 1.165) is 12.2 Å². The number of nitrogen functional groups attached to an aromatic ring is 1. The fourth-order valence-electron chi connectivity index (χ4n) is 2.82. The van der Waals surface area contributed by atoms with Gasteiger partial charge in [0.25, 0.3) is 0 Å². The van der Waals surface area contributed by atoms with E-state index in [0.29, 0.717) is 16.9 Å². The summed E-state index contributed by atoms with van der Waals surface area (Å²) >= 11 is 0. The molecule has 0 saturated heterocycles. The summed E-state index contributed by atoms with van der Waals surface area (Å²) < 4.78 is 1.56. The van der Waals surface area contributed by atoms with Gasteiger partial charge in [0.1, 0.15) is 0 Å². The third kappa shape index (κ3) is 3.13. The van der Waals surface area contributed by atoms with Crippen LogP contribution in [0.4, 0.5) is 17.2 Å². The fraction of sp³-hybridized carbons (Fsp3) is 0.0556. The number of allylic oxidation sites excluding steroid dienone is 2. The van der Waals surface area contributed by atoms with Gasteiger partial charge in [0.15, 0.2) is 5.82 Å². The maximum Gasteiger partial charge on any atom is 0.319 e. The topological polar surface area (TPSA) is 116 Å². The molecule has 0 saturated carbocycles. The summed E-state index contributed by atoms with van der Waals surface area (Å²) in [5.74, 6) is 0.475. The van der Waals surface area contributed by atoms with E-state index in [1.807, 2.05) is 30.5 Å². The Kier molecular flexibility index (Phi) is 4.09. The molecule has 2 N–H and O–H groups in total. The molecule has 3 aromatic rings. The molecule has 0 atom stereocenters. The Morgan fingerprint density at radius 3 is 2.74 bits per heavy atom. The van der Waals surface area contributed by atoms with Gasteiger partial charge in [0, 0.05) is 30.7 Å². The van der Waals surface area contributed by atoms with Crippen molar-refractivity contribution in [1.82, 2.24) is 19.7 Å².